The van der Waals surface area contributed by atoms with Crippen molar-refractivity contribution >= 4 is 51.7 Å². The number of hydrogen-bond acceptors (Lipinski definition) is 5. The van der Waals surface area contributed by atoms with Crippen molar-refractivity contribution in [1.82, 2.24) is 0 Å². The second-order valence-electron chi connectivity index (χ2n) is 5.76. The highest BCUT2D eigenvalue weighted by Crippen LogP contribution is 2.31. The minimum Gasteiger partial charge on any atom is -0.497 e. The number of rotatable bonds is 5. The summed E-state index contributed by atoms with van der Waals surface area (Å²) in [6, 6.07) is 14.1. The predicted molar refractivity (Wildman–Crippen MR) is 110 cm³/mol. The molecule has 1 aliphatic rings. The predicted octanol–water partition coefficient (Wildman–Crippen LogP) is 3.81. The van der Waals surface area contributed by atoms with Crippen LogP contribution in [0.1, 0.15) is 6.92 Å². The van der Waals surface area contributed by atoms with Crippen molar-refractivity contribution in [2.75, 3.05) is 23.9 Å². The number of carbonyl (C=O) groups is 2. The van der Waals surface area contributed by atoms with E-state index in [1.807, 2.05) is 0 Å². The number of aliphatic imine (C=N–C) groups is 1. The number of nitrogens with one attached hydrogen (secondary N) is 1. The molecular weight excluding hydrogens is 386 g/mol. The molecule has 0 aromatic heterocycles. The number of thioether (sulfide) groups is 1. The Morgan fingerprint density at radius 3 is 2.63 bits per heavy atom. The molecular formula is C19H18ClN3O3S. The summed E-state index contributed by atoms with van der Waals surface area (Å²) in [5, 5.41) is 3.31. The van der Waals surface area contributed by atoms with Crippen LogP contribution in [0.25, 0.3) is 0 Å². The third-order valence-electron chi connectivity index (χ3n) is 3.89. The van der Waals surface area contributed by atoms with Gasteiger partial charge in [-0.05, 0) is 43.3 Å². The van der Waals surface area contributed by atoms with Gasteiger partial charge in [-0.1, -0.05) is 35.5 Å². The zero-order valence-corrected chi connectivity index (χ0v) is 16.4. The van der Waals surface area contributed by atoms with Gasteiger partial charge in [0.05, 0.1) is 23.1 Å². The molecule has 0 saturated heterocycles. The van der Waals surface area contributed by atoms with Crippen molar-refractivity contribution in [3.05, 3.63) is 53.6 Å². The average Bonchev–Trinajstić information content (AvgIpc) is 3.03. The monoisotopic (exact) mass is 403 g/mol. The highest BCUT2D eigenvalue weighted by molar-refractivity contribution is 8.15. The smallest absolute Gasteiger partial charge is 0.254 e. The SMILES string of the molecule is COc1ccc(NC(=O)[C@@H](C)SC2=NCC(=O)N2c2ccccc2Cl)cc1. The second-order valence-corrected chi connectivity index (χ2v) is 7.47. The number of hydrogen-bond donors (Lipinski definition) is 1. The van der Waals surface area contributed by atoms with E-state index in [0.717, 1.165) is 0 Å². The van der Waals surface area contributed by atoms with Gasteiger partial charge in [0.15, 0.2) is 5.17 Å². The van der Waals surface area contributed by atoms with E-state index >= 15 is 0 Å². The summed E-state index contributed by atoms with van der Waals surface area (Å²) in [5.74, 6) is 0.351. The summed E-state index contributed by atoms with van der Waals surface area (Å²) >= 11 is 7.44. The van der Waals surface area contributed by atoms with Crippen LogP contribution in [0.5, 0.6) is 5.75 Å². The summed E-state index contributed by atoms with van der Waals surface area (Å²) in [6.45, 7) is 1.81. The number of anilines is 2. The summed E-state index contributed by atoms with van der Waals surface area (Å²) in [5.41, 5.74) is 1.23. The van der Waals surface area contributed by atoms with Crippen LogP contribution in [0, 0.1) is 0 Å². The number of amides is 2. The van der Waals surface area contributed by atoms with Gasteiger partial charge < -0.3 is 10.1 Å². The van der Waals surface area contributed by atoms with Crippen molar-refractivity contribution in [2.24, 2.45) is 4.99 Å². The standard InChI is InChI=1S/C19H18ClN3O3S/c1-12(18(25)22-13-7-9-14(26-2)10-8-13)27-19-21-11-17(24)23(19)16-6-4-3-5-15(16)20/h3-10,12H,11H2,1-2H3,(H,22,25)/t12-/m1/s1. The van der Waals surface area contributed by atoms with E-state index in [2.05, 4.69) is 10.3 Å². The molecule has 2 amide bonds. The number of carbonyl (C=O) groups excluding carboxylic acids is 2. The topological polar surface area (TPSA) is 71.0 Å². The first kappa shape index (κ1) is 19.3. The molecule has 0 unspecified atom stereocenters. The molecule has 0 saturated carbocycles. The normalized spacial score (nSPS) is 14.7. The maximum Gasteiger partial charge on any atom is 0.254 e. The lowest BCUT2D eigenvalue weighted by Crippen LogP contribution is -2.33. The molecule has 3 rings (SSSR count). The third kappa shape index (κ3) is 4.43. The van der Waals surface area contributed by atoms with Gasteiger partial charge in [-0.15, -0.1) is 0 Å². The lowest BCUT2D eigenvalue weighted by atomic mass is 10.3. The Kier molecular flexibility index (Phi) is 6.03. The maximum atomic E-state index is 12.5. The van der Waals surface area contributed by atoms with Crippen LogP contribution in [-0.2, 0) is 9.59 Å². The quantitative estimate of drug-likeness (QED) is 0.824. The van der Waals surface area contributed by atoms with E-state index in [9.17, 15) is 9.59 Å². The highest BCUT2D eigenvalue weighted by Gasteiger charge is 2.31. The highest BCUT2D eigenvalue weighted by atomic mass is 35.5. The molecule has 2 aromatic carbocycles. The number of ether oxygens (including phenoxy) is 1. The van der Waals surface area contributed by atoms with Crippen molar-refractivity contribution in [1.29, 1.82) is 0 Å². The van der Waals surface area contributed by atoms with E-state index in [-0.39, 0.29) is 18.4 Å². The molecule has 140 valence electrons. The number of nitrogens with zero attached hydrogens (tertiary/aromatic N) is 2. The van der Waals surface area contributed by atoms with Gasteiger partial charge >= 0.3 is 0 Å². The van der Waals surface area contributed by atoms with Crippen LogP contribution < -0.4 is 15.0 Å². The minimum atomic E-state index is -0.457. The third-order valence-corrected chi connectivity index (χ3v) is 5.30. The molecule has 1 N–H and O–H groups in total. The molecule has 1 heterocycles. The molecule has 0 aliphatic carbocycles. The van der Waals surface area contributed by atoms with Gasteiger partial charge in [0.1, 0.15) is 12.3 Å². The summed E-state index contributed by atoms with van der Waals surface area (Å²) < 4.78 is 5.10. The van der Waals surface area contributed by atoms with Gasteiger partial charge in [-0.25, -0.2) is 0 Å². The molecule has 1 atom stereocenters. The maximum absolute atomic E-state index is 12.5. The Labute approximate surface area is 166 Å². The van der Waals surface area contributed by atoms with Crippen LogP contribution in [0.2, 0.25) is 5.02 Å². The lowest BCUT2D eigenvalue weighted by molar-refractivity contribution is -0.116. The van der Waals surface area contributed by atoms with Gasteiger partial charge in [-0.2, -0.15) is 0 Å². The number of halogens is 1. The first-order chi connectivity index (χ1) is 13.0. The molecule has 0 radical (unpaired) electrons. The Bertz CT molecular complexity index is 886. The fourth-order valence-electron chi connectivity index (χ4n) is 2.47. The molecule has 6 nitrogen and oxygen atoms in total. The lowest BCUT2D eigenvalue weighted by Gasteiger charge is -2.21. The minimum absolute atomic E-state index is 0.0420. The van der Waals surface area contributed by atoms with Crippen molar-refractivity contribution < 1.29 is 14.3 Å². The fraction of sp³-hybridized carbons (Fsp3) is 0.211. The Hall–Kier alpha value is -2.51. The molecule has 1 aliphatic heterocycles. The number of para-hydroxylation sites is 1. The van der Waals surface area contributed by atoms with Gasteiger partial charge in [0, 0.05) is 5.69 Å². The first-order valence-electron chi connectivity index (χ1n) is 8.23. The van der Waals surface area contributed by atoms with Crippen LogP contribution in [0.15, 0.2) is 53.5 Å². The number of amidine groups is 1. The van der Waals surface area contributed by atoms with E-state index in [1.165, 1.54) is 16.7 Å². The molecule has 0 spiro atoms. The molecule has 0 bridgehead atoms. The van der Waals surface area contributed by atoms with Crippen molar-refractivity contribution in [3.8, 4) is 5.75 Å². The van der Waals surface area contributed by atoms with E-state index in [1.54, 1.807) is 62.6 Å². The van der Waals surface area contributed by atoms with E-state index in [4.69, 9.17) is 16.3 Å². The van der Waals surface area contributed by atoms with Crippen LogP contribution in [-0.4, -0.2) is 35.9 Å². The Balaban J connectivity index is 1.68. The molecule has 2 aromatic rings. The van der Waals surface area contributed by atoms with Crippen LogP contribution >= 0.6 is 23.4 Å². The number of benzene rings is 2. The summed E-state index contributed by atoms with van der Waals surface area (Å²) in [4.78, 5) is 30.5. The Morgan fingerprint density at radius 2 is 1.96 bits per heavy atom. The fourth-order valence-corrected chi connectivity index (χ4v) is 3.62. The van der Waals surface area contributed by atoms with Crippen molar-refractivity contribution in [2.45, 2.75) is 12.2 Å². The molecule has 0 fully saturated rings. The largest absolute Gasteiger partial charge is 0.497 e. The van der Waals surface area contributed by atoms with Gasteiger partial charge in [0.25, 0.3) is 5.91 Å². The summed E-state index contributed by atoms with van der Waals surface area (Å²) in [6.07, 6.45) is 0. The average molecular weight is 404 g/mol. The molecule has 27 heavy (non-hydrogen) atoms. The van der Waals surface area contributed by atoms with Crippen molar-refractivity contribution in [3.63, 3.8) is 0 Å². The van der Waals surface area contributed by atoms with Crippen LogP contribution in [0.3, 0.4) is 0 Å². The first-order valence-corrected chi connectivity index (χ1v) is 9.49. The molecule has 8 heteroatoms. The summed E-state index contributed by atoms with van der Waals surface area (Å²) in [7, 11) is 1.58. The second kappa shape index (κ2) is 8.45. The zero-order chi connectivity index (χ0) is 19.4. The number of methoxy groups -OCH3 is 1. The van der Waals surface area contributed by atoms with Crippen LogP contribution in [0.4, 0.5) is 11.4 Å². The zero-order valence-electron chi connectivity index (χ0n) is 14.8. The Morgan fingerprint density at radius 1 is 1.26 bits per heavy atom. The van der Waals surface area contributed by atoms with E-state index < -0.39 is 5.25 Å². The van der Waals surface area contributed by atoms with Gasteiger partial charge in [-0.3, -0.25) is 19.5 Å². The van der Waals surface area contributed by atoms with Gasteiger partial charge in [0.2, 0.25) is 5.91 Å². The van der Waals surface area contributed by atoms with E-state index in [0.29, 0.717) is 27.3 Å².